The highest BCUT2D eigenvalue weighted by Gasteiger charge is 2.25. The monoisotopic (exact) mass is 439 g/mol. The summed E-state index contributed by atoms with van der Waals surface area (Å²) < 4.78 is 28.4. The molecule has 156 valence electrons. The maximum absolute atomic E-state index is 14.4. The van der Waals surface area contributed by atoms with Crippen LogP contribution in [0.4, 0.5) is 13.8 Å². The minimum absolute atomic E-state index is 0.0439. The molecule has 0 spiro atoms. The summed E-state index contributed by atoms with van der Waals surface area (Å²) in [6.45, 7) is 1.40. The predicted molar refractivity (Wildman–Crippen MR) is 115 cm³/mol. The average Bonchev–Trinajstić information content (AvgIpc) is 3.16. The van der Waals surface area contributed by atoms with E-state index in [1.54, 1.807) is 30.3 Å². The first-order chi connectivity index (χ1) is 14.8. The Morgan fingerprint density at radius 2 is 1.71 bits per heavy atom. The molecule has 1 amide bonds. The third kappa shape index (κ3) is 3.51. The van der Waals surface area contributed by atoms with Gasteiger partial charge in [-0.2, -0.15) is 0 Å². The maximum atomic E-state index is 14.4. The van der Waals surface area contributed by atoms with Gasteiger partial charge in [0.25, 0.3) is 5.91 Å². The summed E-state index contributed by atoms with van der Waals surface area (Å²) in [5.41, 5.74) is -0.579. The molecule has 0 aliphatic carbocycles. The molecule has 0 aliphatic rings. The van der Waals surface area contributed by atoms with Crippen LogP contribution < -0.4 is 5.32 Å². The number of phenols is 1. The lowest BCUT2D eigenvalue weighted by molar-refractivity contribution is 0.0699. The summed E-state index contributed by atoms with van der Waals surface area (Å²) in [5.74, 6) is -4.60. The summed E-state index contributed by atoms with van der Waals surface area (Å²) in [6, 6.07) is 12.7. The fourth-order valence-electron chi connectivity index (χ4n) is 3.32. The molecular weight excluding hydrogens is 424 g/mol. The van der Waals surface area contributed by atoms with Gasteiger partial charge in [-0.1, -0.05) is 42.5 Å². The van der Waals surface area contributed by atoms with Crippen LogP contribution in [0.1, 0.15) is 26.3 Å². The molecule has 0 radical (unpaired) electrons. The van der Waals surface area contributed by atoms with E-state index in [2.05, 4.69) is 5.32 Å². The van der Waals surface area contributed by atoms with Crippen LogP contribution in [0, 0.1) is 18.6 Å². The molecule has 1 aromatic heterocycles. The Morgan fingerprint density at radius 3 is 2.45 bits per heavy atom. The highest BCUT2D eigenvalue weighted by Crippen LogP contribution is 2.38. The van der Waals surface area contributed by atoms with Crippen molar-refractivity contribution in [2.24, 2.45) is 0 Å². The molecule has 31 heavy (non-hydrogen) atoms. The van der Waals surface area contributed by atoms with Crippen LogP contribution in [0.25, 0.3) is 21.9 Å². The number of hydrogen-bond donors (Lipinski definition) is 3. The van der Waals surface area contributed by atoms with Crippen LogP contribution in [-0.2, 0) is 0 Å². The van der Waals surface area contributed by atoms with Gasteiger partial charge in [0.05, 0.1) is 5.56 Å². The van der Waals surface area contributed by atoms with Gasteiger partial charge in [0.15, 0.2) is 11.6 Å². The number of rotatable bonds is 4. The smallest absolute Gasteiger partial charge is 0.339 e. The lowest BCUT2D eigenvalue weighted by Crippen LogP contribution is -2.14. The lowest BCUT2D eigenvalue weighted by Gasteiger charge is -2.10. The molecule has 1 heterocycles. The van der Waals surface area contributed by atoms with E-state index in [0.29, 0.717) is 5.39 Å². The number of aromatic carboxylic acids is 1. The first-order valence-electron chi connectivity index (χ1n) is 9.11. The highest BCUT2D eigenvalue weighted by atomic mass is 32.1. The lowest BCUT2D eigenvalue weighted by atomic mass is 10.0. The van der Waals surface area contributed by atoms with Crippen molar-refractivity contribution in [3.63, 3.8) is 0 Å². The Morgan fingerprint density at radius 1 is 0.968 bits per heavy atom. The van der Waals surface area contributed by atoms with Crippen molar-refractivity contribution in [3.8, 4) is 16.9 Å². The Kier molecular flexibility index (Phi) is 5.16. The van der Waals surface area contributed by atoms with Gasteiger partial charge in [0.2, 0.25) is 0 Å². The number of nitrogens with one attached hydrogen (secondary N) is 1. The standard InChI is InChI=1S/C23H15F2NO4S/c1-11-6-8-14(19(25)18(11)24)16-10-31-22(17(16)23(29)30)26-21(28)15-9-7-12-4-2-3-5-13(12)20(15)27/h2-10,27H,1H3,(H,26,28)(H,29,30). The van der Waals surface area contributed by atoms with E-state index < -0.39 is 23.5 Å². The van der Waals surface area contributed by atoms with Crippen LogP contribution in [-0.4, -0.2) is 22.1 Å². The molecule has 0 unspecified atom stereocenters. The van der Waals surface area contributed by atoms with Crippen molar-refractivity contribution in [3.05, 3.63) is 82.2 Å². The number of carbonyl (C=O) groups is 2. The molecule has 3 aromatic carbocycles. The minimum Gasteiger partial charge on any atom is -0.506 e. The molecule has 0 saturated heterocycles. The number of phenolic OH excluding ortho intramolecular Hbond substituents is 1. The molecule has 0 atom stereocenters. The summed E-state index contributed by atoms with van der Waals surface area (Å²) in [6.07, 6.45) is 0. The van der Waals surface area contributed by atoms with Crippen LogP contribution >= 0.6 is 11.3 Å². The zero-order chi connectivity index (χ0) is 22.3. The number of hydrogen-bond acceptors (Lipinski definition) is 4. The van der Waals surface area contributed by atoms with Crippen LogP contribution in [0.5, 0.6) is 5.75 Å². The van der Waals surface area contributed by atoms with Gasteiger partial charge in [-0.15, -0.1) is 11.3 Å². The van der Waals surface area contributed by atoms with Crippen LogP contribution in [0.15, 0.2) is 53.9 Å². The first kappa shape index (κ1) is 20.5. The van der Waals surface area contributed by atoms with Crippen LogP contribution in [0.2, 0.25) is 0 Å². The Bertz CT molecular complexity index is 1360. The molecule has 0 bridgehead atoms. The highest BCUT2D eigenvalue weighted by molar-refractivity contribution is 7.15. The molecule has 0 aliphatic heterocycles. The van der Waals surface area contributed by atoms with E-state index in [9.17, 15) is 28.6 Å². The quantitative estimate of drug-likeness (QED) is 0.374. The fraction of sp³-hybridized carbons (Fsp3) is 0.0435. The number of carboxylic acid groups (broad SMARTS) is 1. The van der Waals surface area contributed by atoms with E-state index >= 15 is 0 Å². The van der Waals surface area contributed by atoms with Gasteiger partial charge >= 0.3 is 5.97 Å². The van der Waals surface area contributed by atoms with Gasteiger partial charge in [-0.3, -0.25) is 4.79 Å². The van der Waals surface area contributed by atoms with Gasteiger partial charge in [-0.05, 0) is 23.9 Å². The largest absolute Gasteiger partial charge is 0.506 e. The first-order valence-corrected chi connectivity index (χ1v) is 9.99. The number of aryl methyl sites for hydroxylation is 1. The summed E-state index contributed by atoms with van der Waals surface area (Å²) in [7, 11) is 0. The minimum atomic E-state index is -1.41. The van der Waals surface area contributed by atoms with Crippen molar-refractivity contribution in [1.82, 2.24) is 0 Å². The maximum Gasteiger partial charge on any atom is 0.339 e. The molecule has 4 rings (SSSR count). The van der Waals surface area contributed by atoms with Crippen molar-refractivity contribution in [1.29, 1.82) is 0 Å². The van der Waals surface area contributed by atoms with Crippen LogP contribution in [0.3, 0.4) is 0 Å². The number of anilines is 1. The summed E-state index contributed by atoms with van der Waals surface area (Å²) in [5, 5.41) is 25.1. The van der Waals surface area contributed by atoms with Crippen molar-refractivity contribution in [2.75, 3.05) is 5.32 Å². The third-order valence-corrected chi connectivity index (χ3v) is 5.84. The molecule has 0 fully saturated rings. The molecule has 8 heteroatoms. The second-order valence-electron chi connectivity index (χ2n) is 6.85. The van der Waals surface area contributed by atoms with Crippen molar-refractivity contribution >= 4 is 39.0 Å². The molecule has 3 N–H and O–H groups in total. The third-order valence-electron chi connectivity index (χ3n) is 4.94. The second-order valence-corrected chi connectivity index (χ2v) is 7.73. The van der Waals surface area contributed by atoms with Gasteiger partial charge in [0.1, 0.15) is 16.3 Å². The number of benzene rings is 3. The zero-order valence-electron chi connectivity index (χ0n) is 16.1. The number of thiophene rings is 1. The topological polar surface area (TPSA) is 86.6 Å². The molecule has 4 aromatic rings. The number of halogens is 2. The number of aromatic hydroxyl groups is 1. The van der Waals surface area contributed by atoms with E-state index in [-0.39, 0.29) is 38.6 Å². The van der Waals surface area contributed by atoms with Gasteiger partial charge in [0, 0.05) is 21.9 Å². The summed E-state index contributed by atoms with van der Waals surface area (Å²) in [4.78, 5) is 24.7. The van der Waals surface area contributed by atoms with Crippen molar-refractivity contribution in [2.45, 2.75) is 6.92 Å². The Labute approximate surface area is 179 Å². The van der Waals surface area contributed by atoms with E-state index in [1.807, 2.05) is 0 Å². The number of carboxylic acids is 1. The normalized spacial score (nSPS) is 10.9. The molecule has 5 nitrogen and oxygen atoms in total. The predicted octanol–water partition coefficient (Wildman–Crippen LogP) is 5.81. The number of amides is 1. The van der Waals surface area contributed by atoms with E-state index in [4.69, 9.17) is 0 Å². The number of carbonyl (C=O) groups excluding carboxylic acids is 1. The summed E-state index contributed by atoms with van der Waals surface area (Å²) >= 11 is 0.867. The van der Waals surface area contributed by atoms with Gasteiger partial charge < -0.3 is 15.5 Å². The average molecular weight is 439 g/mol. The molecule has 0 saturated carbocycles. The zero-order valence-corrected chi connectivity index (χ0v) is 16.9. The number of fused-ring (bicyclic) bond motifs is 1. The Balaban J connectivity index is 1.75. The Hall–Kier alpha value is -3.78. The second kappa shape index (κ2) is 7.81. The van der Waals surface area contributed by atoms with E-state index in [0.717, 1.165) is 16.7 Å². The fourth-order valence-corrected chi connectivity index (χ4v) is 4.27. The SMILES string of the molecule is Cc1ccc(-c2csc(NC(=O)c3ccc4ccccc4c3O)c2C(=O)O)c(F)c1F. The van der Waals surface area contributed by atoms with Crippen molar-refractivity contribution < 1.29 is 28.6 Å². The molecular formula is C23H15F2NO4S. The van der Waals surface area contributed by atoms with Gasteiger partial charge in [-0.25, -0.2) is 13.6 Å². The van der Waals surface area contributed by atoms with E-state index in [1.165, 1.54) is 30.5 Å².